The fourth-order valence-corrected chi connectivity index (χ4v) is 3.20. The largest absolute Gasteiger partial charge is 0.496 e. The minimum absolute atomic E-state index is 0.110. The molecular weight excluding hydrogens is 321 g/mol. The lowest BCUT2D eigenvalue weighted by Gasteiger charge is -2.34. The van der Waals surface area contributed by atoms with Crippen LogP contribution in [0.3, 0.4) is 0 Å². The normalized spacial score (nSPS) is 19.6. The highest BCUT2D eigenvalue weighted by Crippen LogP contribution is 2.29. The van der Waals surface area contributed by atoms with Crippen LogP contribution in [0.2, 0.25) is 0 Å². The van der Waals surface area contributed by atoms with Crippen LogP contribution in [0.1, 0.15) is 28.9 Å². The van der Waals surface area contributed by atoms with Crippen LogP contribution in [0.5, 0.6) is 5.75 Å². The molecule has 0 saturated carbocycles. The number of benzene rings is 2. The van der Waals surface area contributed by atoms with Crippen molar-refractivity contribution in [2.45, 2.75) is 19.1 Å². The average molecular weight is 345 g/mol. The molecule has 2 aromatic carbocycles. The molecule has 0 aliphatic carbocycles. The van der Waals surface area contributed by atoms with E-state index in [4.69, 9.17) is 9.47 Å². The molecule has 25 heavy (non-hydrogen) atoms. The third-order valence-corrected chi connectivity index (χ3v) is 4.57. The van der Waals surface area contributed by atoms with Crippen LogP contribution >= 0.6 is 0 Å². The monoisotopic (exact) mass is 345 g/mol. The summed E-state index contributed by atoms with van der Waals surface area (Å²) < 4.78 is 24.3. The summed E-state index contributed by atoms with van der Waals surface area (Å²) in [6.45, 7) is 4.50. The molecule has 1 N–H and O–H groups in total. The summed E-state index contributed by atoms with van der Waals surface area (Å²) >= 11 is 0. The zero-order valence-corrected chi connectivity index (χ0v) is 14.6. The maximum atomic E-state index is 13.1. The Balaban J connectivity index is 1.68. The molecule has 2 unspecified atom stereocenters. The molecule has 2 aromatic rings. The van der Waals surface area contributed by atoms with Gasteiger partial charge in [0.05, 0.1) is 25.9 Å². The van der Waals surface area contributed by atoms with Gasteiger partial charge in [0.2, 0.25) is 0 Å². The first-order valence-corrected chi connectivity index (χ1v) is 8.49. The van der Waals surface area contributed by atoms with Crippen molar-refractivity contribution in [1.29, 1.82) is 0 Å². The summed E-state index contributed by atoms with van der Waals surface area (Å²) in [5.74, 6) is 0.444. The Morgan fingerprint density at radius 2 is 2.04 bits per heavy atom. The van der Waals surface area contributed by atoms with Gasteiger partial charge in [-0.05, 0) is 36.8 Å². The maximum Gasteiger partial charge on any atom is 0.124 e. The van der Waals surface area contributed by atoms with Crippen LogP contribution in [0.4, 0.5) is 4.39 Å². The van der Waals surface area contributed by atoms with E-state index < -0.39 is 6.10 Å². The molecule has 0 aromatic heterocycles. The SMILES string of the molecule is COc1ccc(C)cc1C(O)CN1CCOC(c2ccc(F)cc2)C1. The Hall–Kier alpha value is -1.95. The number of methoxy groups -OCH3 is 1. The molecule has 5 heteroatoms. The minimum atomic E-state index is -0.637. The van der Waals surface area contributed by atoms with Crippen molar-refractivity contribution in [3.63, 3.8) is 0 Å². The second kappa shape index (κ2) is 7.95. The third kappa shape index (κ3) is 4.37. The Bertz CT molecular complexity index is 705. The van der Waals surface area contributed by atoms with Gasteiger partial charge in [0.15, 0.2) is 0 Å². The smallest absolute Gasteiger partial charge is 0.124 e. The molecule has 1 heterocycles. The summed E-state index contributed by atoms with van der Waals surface area (Å²) in [7, 11) is 1.61. The predicted molar refractivity (Wildman–Crippen MR) is 94.2 cm³/mol. The zero-order chi connectivity index (χ0) is 17.8. The standard InChI is InChI=1S/C20H24FNO3/c1-14-3-8-19(24-2)17(11-14)18(23)12-22-9-10-25-20(13-22)15-4-6-16(21)7-5-15/h3-8,11,18,20,23H,9-10,12-13H2,1-2H3. The van der Waals surface area contributed by atoms with Gasteiger partial charge in [-0.3, -0.25) is 4.90 Å². The fraction of sp³-hybridized carbons (Fsp3) is 0.400. The fourth-order valence-electron chi connectivity index (χ4n) is 3.20. The van der Waals surface area contributed by atoms with Gasteiger partial charge in [0.25, 0.3) is 0 Å². The minimum Gasteiger partial charge on any atom is -0.496 e. The van der Waals surface area contributed by atoms with Gasteiger partial charge in [0, 0.05) is 25.2 Å². The first-order valence-electron chi connectivity index (χ1n) is 8.49. The number of ether oxygens (including phenoxy) is 2. The second-order valence-corrected chi connectivity index (χ2v) is 6.43. The lowest BCUT2D eigenvalue weighted by Crippen LogP contribution is -2.40. The number of nitrogens with zero attached hydrogens (tertiary/aromatic N) is 1. The number of aryl methyl sites for hydroxylation is 1. The van der Waals surface area contributed by atoms with Crippen LogP contribution in [0, 0.1) is 12.7 Å². The van der Waals surface area contributed by atoms with Gasteiger partial charge in [-0.25, -0.2) is 4.39 Å². The first-order chi connectivity index (χ1) is 12.1. The van der Waals surface area contributed by atoms with E-state index in [0.29, 0.717) is 25.4 Å². The van der Waals surface area contributed by atoms with Gasteiger partial charge >= 0.3 is 0 Å². The van der Waals surface area contributed by atoms with Crippen molar-refractivity contribution < 1.29 is 19.0 Å². The topological polar surface area (TPSA) is 41.9 Å². The van der Waals surface area contributed by atoms with E-state index in [2.05, 4.69) is 4.90 Å². The molecule has 4 nitrogen and oxygen atoms in total. The molecule has 1 aliphatic rings. The van der Waals surface area contributed by atoms with Crippen molar-refractivity contribution in [2.24, 2.45) is 0 Å². The summed E-state index contributed by atoms with van der Waals surface area (Å²) in [5, 5.41) is 10.7. The molecule has 1 aliphatic heterocycles. The zero-order valence-electron chi connectivity index (χ0n) is 14.6. The van der Waals surface area contributed by atoms with Gasteiger partial charge in [-0.15, -0.1) is 0 Å². The highest BCUT2D eigenvalue weighted by atomic mass is 19.1. The molecule has 134 valence electrons. The lowest BCUT2D eigenvalue weighted by molar-refractivity contribution is -0.0425. The number of β-amino-alcohol motifs (C(OH)–C–C–N with tert-alkyl or cyclic N) is 1. The number of morpholine rings is 1. The molecule has 1 fully saturated rings. The number of aliphatic hydroxyl groups is 1. The predicted octanol–water partition coefficient (Wildman–Crippen LogP) is 3.25. The summed E-state index contributed by atoms with van der Waals surface area (Å²) in [5.41, 5.74) is 2.84. The van der Waals surface area contributed by atoms with Crippen LogP contribution in [0.15, 0.2) is 42.5 Å². The van der Waals surface area contributed by atoms with E-state index in [1.54, 1.807) is 19.2 Å². The van der Waals surface area contributed by atoms with Crippen molar-refractivity contribution in [3.05, 3.63) is 65.0 Å². The number of hydrogen-bond acceptors (Lipinski definition) is 4. The van der Waals surface area contributed by atoms with E-state index in [0.717, 1.165) is 23.2 Å². The third-order valence-electron chi connectivity index (χ3n) is 4.57. The maximum absolute atomic E-state index is 13.1. The molecule has 0 spiro atoms. The van der Waals surface area contributed by atoms with Gasteiger partial charge in [-0.1, -0.05) is 23.8 Å². The lowest BCUT2D eigenvalue weighted by atomic mass is 10.0. The number of aliphatic hydroxyl groups excluding tert-OH is 1. The molecule has 0 amide bonds. The summed E-state index contributed by atoms with van der Waals surface area (Å²) in [6, 6.07) is 12.2. The Kier molecular flexibility index (Phi) is 5.68. The first kappa shape index (κ1) is 17.9. The van der Waals surface area contributed by atoms with E-state index in [1.165, 1.54) is 12.1 Å². The Labute approximate surface area is 147 Å². The van der Waals surface area contributed by atoms with Gasteiger partial charge in [-0.2, -0.15) is 0 Å². The number of hydrogen-bond donors (Lipinski definition) is 1. The molecule has 0 radical (unpaired) electrons. The summed E-state index contributed by atoms with van der Waals surface area (Å²) in [4.78, 5) is 2.17. The Morgan fingerprint density at radius 1 is 1.28 bits per heavy atom. The van der Waals surface area contributed by atoms with Gasteiger partial charge in [0.1, 0.15) is 11.6 Å². The number of rotatable bonds is 5. The van der Waals surface area contributed by atoms with Crippen molar-refractivity contribution >= 4 is 0 Å². The van der Waals surface area contributed by atoms with E-state index >= 15 is 0 Å². The molecule has 0 bridgehead atoms. The van der Waals surface area contributed by atoms with E-state index in [-0.39, 0.29) is 11.9 Å². The highest BCUT2D eigenvalue weighted by Gasteiger charge is 2.25. The van der Waals surface area contributed by atoms with Crippen LogP contribution in [-0.4, -0.2) is 43.4 Å². The Morgan fingerprint density at radius 3 is 2.76 bits per heavy atom. The highest BCUT2D eigenvalue weighted by molar-refractivity contribution is 5.38. The van der Waals surface area contributed by atoms with Crippen molar-refractivity contribution in [3.8, 4) is 5.75 Å². The molecular formula is C20H24FNO3. The number of halogens is 1. The van der Waals surface area contributed by atoms with Gasteiger partial charge < -0.3 is 14.6 Å². The van der Waals surface area contributed by atoms with Crippen molar-refractivity contribution in [1.82, 2.24) is 4.90 Å². The van der Waals surface area contributed by atoms with Crippen molar-refractivity contribution in [2.75, 3.05) is 33.4 Å². The quantitative estimate of drug-likeness (QED) is 0.903. The molecule has 1 saturated heterocycles. The van der Waals surface area contributed by atoms with E-state index in [1.807, 2.05) is 25.1 Å². The molecule has 3 rings (SSSR count). The van der Waals surface area contributed by atoms with Crippen LogP contribution < -0.4 is 4.74 Å². The van der Waals surface area contributed by atoms with E-state index in [9.17, 15) is 9.50 Å². The van der Waals surface area contributed by atoms with Crippen LogP contribution in [-0.2, 0) is 4.74 Å². The molecule has 2 atom stereocenters. The summed E-state index contributed by atoms with van der Waals surface area (Å²) in [6.07, 6.45) is -0.747. The average Bonchev–Trinajstić information content (AvgIpc) is 2.62. The van der Waals surface area contributed by atoms with Crippen LogP contribution in [0.25, 0.3) is 0 Å². The second-order valence-electron chi connectivity index (χ2n) is 6.43.